The van der Waals surface area contributed by atoms with E-state index in [0.717, 1.165) is 11.1 Å². The van der Waals surface area contributed by atoms with Crippen molar-refractivity contribution in [1.29, 1.82) is 0 Å². The minimum absolute atomic E-state index is 0.208. The van der Waals surface area contributed by atoms with Crippen molar-refractivity contribution in [3.8, 4) is 0 Å². The Morgan fingerprint density at radius 2 is 2.19 bits per heavy atom. The zero-order chi connectivity index (χ0) is 15.0. The molecule has 0 amide bonds. The lowest BCUT2D eigenvalue weighted by atomic mass is 10.1. The molecule has 5 nitrogen and oxygen atoms in total. The van der Waals surface area contributed by atoms with E-state index in [-0.39, 0.29) is 11.4 Å². The highest BCUT2D eigenvalue weighted by Gasteiger charge is 2.29. The van der Waals surface area contributed by atoms with Crippen molar-refractivity contribution >= 4 is 21.6 Å². The molecule has 0 spiro atoms. The Labute approximate surface area is 128 Å². The molecule has 1 aliphatic heterocycles. The summed E-state index contributed by atoms with van der Waals surface area (Å²) in [4.78, 5) is 8.18. The van der Waals surface area contributed by atoms with Crippen LogP contribution in [0, 0.1) is 13.1 Å². The SMILES string of the molecule is Cc1ccc(S(=O)(=O)N2CCc3[c]ncnc3C2)cc1Cl. The van der Waals surface area contributed by atoms with Gasteiger partial charge in [-0.25, -0.2) is 18.4 Å². The minimum Gasteiger partial charge on any atom is -0.240 e. The van der Waals surface area contributed by atoms with Gasteiger partial charge < -0.3 is 0 Å². The Balaban J connectivity index is 1.95. The van der Waals surface area contributed by atoms with Crippen LogP contribution < -0.4 is 0 Å². The first-order valence-corrected chi connectivity index (χ1v) is 8.27. The largest absolute Gasteiger partial charge is 0.243 e. The van der Waals surface area contributed by atoms with Crippen LogP contribution in [-0.4, -0.2) is 29.2 Å². The number of aryl methyl sites for hydroxylation is 1. The Bertz CT molecular complexity index is 793. The Morgan fingerprint density at radius 3 is 2.95 bits per heavy atom. The lowest BCUT2D eigenvalue weighted by Crippen LogP contribution is -2.36. The second-order valence-corrected chi connectivity index (χ2v) is 7.26. The van der Waals surface area contributed by atoms with Crippen LogP contribution in [0.3, 0.4) is 0 Å². The number of benzene rings is 1. The smallest absolute Gasteiger partial charge is 0.240 e. The predicted octanol–water partition coefficient (Wildman–Crippen LogP) is 1.99. The Kier molecular flexibility index (Phi) is 3.69. The van der Waals surface area contributed by atoms with Gasteiger partial charge in [0.25, 0.3) is 0 Å². The number of hydrogen-bond donors (Lipinski definition) is 0. The summed E-state index contributed by atoms with van der Waals surface area (Å²) in [5.74, 6) is 0. The molecular weight excluding hydrogens is 310 g/mol. The third-order valence-corrected chi connectivity index (χ3v) is 5.79. The number of hydrogen-bond acceptors (Lipinski definition) is 4. The summed E-state index contributed by atoms with van der Waals surface area (Å²) in [5.41, 5.74) is 2.44. The van der Waals surface area contributed by atoms with Crippen LogP contribution in [0.25, 0.3) is 0 Å². The van der Waals surface area contributed by atoms with Gasteiger partial charge in [0.15, 0.2) is 0 Å². The molecule has 0 saturated carbocycles. The molecule has 1 aromatic heterocycles. The summed E-state index contributed by atoms with van der Waals surface area (Å²) in [5, 5.41) is 0.448. The van der Waals surface area contributed by atoms with E-state index < -0.39 is 10.0 Å². The molecule has 3 rings (SSSR count). The molecule has 0 fully saturated rings. The van der Waals surface area contributed by atoms with Gasteiger partial charge in [-0.15, -0.1) is 0 Å². The maximum Gasteiger partial charge on any atom is 0.243 e. The molecule has 109 valence electrons. The summed E-state index contributed by atoms with van der Waals surface area (Å²) < 4.78 is 26.8. The van der Waals surface area contributed by atoms with E-state index in [4.69, 9.17) is 11.6 Å². The van der Waals surface area contributed by atoms with Crippen molar-refractivity contribution in [3.05, 3.63) is 52.6 Å². The number of fused-ring (bicyclic) bond motifs is 1. The van der Waals surface area contributed by atoms with Gasteiger partial charge in [0, 0.05) is 17.1 Å². The normalized spacial score (nSPS) is 15.7. The summed E-state index contributed by atoms with van der Waals surface area (Å²) in [6, 6.07) is 4.79. The van der Waals surface area contributed by atoms with E-state index >= 15 is 0 Å². The van der Waals surface area contributed by atoms with E-state index in [9.17, 15) is 8.42 Å². The van der Waals surface area contributed by atoms with Crippen molar-refractivity contribution in [2.45, 2.75) is 24.8 Å². The van der Waals surface area contributed by atoms with Crippen LogP contribution in [0.15, 0.2) is 29.4 Å². The number of nitrogens with zero attached hydrogens (tertiary/aromatic N) is 3. The maximum atomic E-state index is 12.7. The van der Waals surface area contributed by atoms with Crippen LogP contribution in [0.2, 0.25) is 5.02 Å². The van der Waals surface area contributed by atoms with Crippen LogP contribution in [-0.2, 0) is 23.0 Å². The molecule has 1 aliphatic rings. The second kappa shape index (κ2) is 5.36. The van der Waals surface area contributed by atoms with Crippen LogP contribution in [0.4, 0.5) is 0 Å². The van der Waals surface area contributed by atoms with E-state index in [1.807, 2.05) is 6.92 Å². The average molecular weight is 323 g/mol. The molecule has 0 bridgehead atoms. The highest BCUT2D eigenvalue weighted by molar-refractivity contribution is 7.89. The van der Waals surface area contributed by atoms with Gasteiger partial charge in [-0.3, -0.25) is 0 Å². The predicted molar refractivity (Wildman–Crippen MR) is 78.4 cm³/mol. The topological polar surface area (TPSA) is 63.2 Å². The molecule has 0 unspecified atom stereocenters. The summed E-state index contributed by atoms with van der Waals surface area (Å²) in [6.45, 7) is 2.47. The molecule has 2 heterocycles. The van der Waals surface area contributed by atoms with Crippen molar-refractivity contribution < 1.29 is 8.42 Å². The standard InChI is InChI=1S/C14H13ClN3O2S/c1-10-2-3-12(6-13(10)15)21(19,20)18-5-4-11-7-16-9-17-14(11)8-18/h2-3,6,9H,4-5,8H2,1H3. The first-order valence-electron chi connectivity index (χ1n) is 6.45. The van der Waals surface area contributed by atoms with Gasteiger partial charge in [-0.1, -0.05) is 17.7 Å². The zero-order valence-electron chi connectivity index (χ0n) is 11.4. The molecule has 0 aliphatic carbocycles. The van der Waals surface area contributed by atoms with Crippen LogP contribution in [0.5, 0.6) is 0 Å². The molecule has 0 saturated heterocycles. The first kappa shape index (κ1) is 14.4. The maximum absolute atomic E-state index is 12.7. The fourth-order valence-corrected chi connectivity index (χ4v) is 3.93. The molecule has 1 aromatic carbocycles. The monoisotopic (exact) mass is 322 g/mol. The highest BCUT2D eigenvalue weighted by atomic mass is 35.5. The summed E-state index contributed by atoms with van der Waals surface area (Å²) in [6.07, 6.45) is 4.81. The van der Waals surface area contributed by atoms with Crippen molar-refractivity contribution in [3.63, 3.8) is 0 Å². The molecular formula is C14H13ClN3O2S. The highest BCUT2D eigenvalue weighted by Crippen LogP contribution is 2.26. The van der Waals surface area contributed by atoms with E-state index in [0.29, 0.717) is 23.7 Å². The lowest BCUT2D eigenvalue weighted by Gasteiger charge is -2.26. The van der Waals surface area contributed by atoms with Crippen molar-refractivity contribution in [2.24, 2.45) is 0 Å². The van der Waals surface area contributed by atoms with E-state index in [1.165, 1.54) is 16.7 Å². The van der Waals surface area contributed by atoms with Gasteiger partial charge in [0.05, 0.1) is 23.3 Å². The molecule has 2 aromatic rings. The Morgan fingerprint density at radius 1 is 1.38 bits per heavy atom. The third-order valence-electron chi connectivity index (χ3n) is 3.54. The van der Waals surface area contributed by atoms with Gasteiger partial charge in [0.1, 0.15) is 6.33 Å². The molecule has 0 N–H and O–H groups in total. The van der Waals surface area contributed by atoms with Gasteiger partial charge in [-0.05, 0) is 31.0 Å². The number of aromatic nitrogens is 2. The van der Waals surface area contributed by atoms with Crippen LogP contribution >= 0.6 is 11.6 Å². The number of halogens is 1. The second-order valence-electron chi connectivity index (χ2n) is 4.91. The van der Waals surface area contributed by atoms with E-state index in [2.05, 4.69) is 16.2 Å². The first-order chi connectivity index (χ1) is 9.98. The lowest BCUT2D eigenvalue weighted by molar-refractivity contribution is 0.384. The van der Waals surface area contributed by atoms with Crippen LogP contribution in [0.1, 0.15) is 16.8 Å². The molecule has 1 radical (unpaired) electrons. The van der Waals surface area contributed by atoms with Crippen molar-refractivity contribution in [1.82, 2.24) is 14.3 Å². The van der Waals surface area contributed by atoms with Gasteiger partial charge >= 0.3 is 0 Å². The number of sulfonamides is 1. The molecule has 0 atom stereocenters. The number of rotatable bonds is 2. The van der Waals surface area contributed by atoms with Gasteiger partial charge in [-0.2, -0.15) is 4.31 Å². The fraction of sp³-hybridized carbons (Fsp3) is 0.286. The van der Waals surface area contributed by atoms with Crippen molar-refractivity contribution in [2.75, 3.05) is 6.54 Å². The zero-order valence-corrected chi connectivity index (χ0v) is 12.9. The molecule has 21 heavy (non-hydrogen) atoms. The summed E-state index contributed by atoms with van der Waals surface area (Å²) >= 11 is 6.03. The average Bonchev–Trinajstić information content (AvgIpc) is 2.49. The van der Waals surface area contributed by atoms with Gasteiger partial charge in [0.2, 0.25) is 10.0 Å². The van der Waals surface area contributed by atoms with E-state index in [1.54, 1.807) is 12.1 Å². The quantitative estimate of drug-likeness (QED) is 0.848. The third kappa shape index (κ3) is 2.66. The minimum atomic E-state index is -3.57. The Hall–Kier alpha value is -1.50. The molecule has 7 heteroatoms. The summed E-state index contributed by atoms with van der Waals surface area (Å²) in [7, 11) is -3.57. The fourth-order valence-electron chi connectivity index (χ4n) is 2.26.